The molecule has 1 aromatic carbocycles. The lowest BCUT2D eigenvalue weighted by molar-refractivity contribution is -0.132. The van der Waals surface area contributed by atoms with Crippen molar-refractivity contribution < 1.29 is 9.53 Å². The summed E-state index contributed by atoms with van der Waals surface area (Å²) in [5, 5.41) is 8.46. The molecule has 0 radical (unpaired) electrons. The van der Waals surface area contributed by atoms with E-state index in [9.17, 15) is 4.79 Å². The van der Waals surface area contributed by atoms with Crippen LogP contribution in [0.5, 0.6) is 0 Å². The first kappa shape index (κ1) is 16.6. The molecular formula is C18H24N4O2. The normalized spacial score (nSPS) is 17.5. The summed E-state index contributed by atoms with van der Waals surface area (Å²) in [6.45, 7) is 5.96. The molecule has 6 nitrogen and oxygen atoms in total. The standard InChI is InChI=1S/C18H24N4O2/c1-13-4-6-15(7-5-13)11-18(23)21-8-9-22-16(10-14(21)2)19-20-17(22)12-24-3/h4-7,14H,8-12H2,1-3H3. The molecule has 2 heterocycles. The van der Waals surface area contributed by atoms with Crippen LogP contribution in [0.25, 0.3) is 0 Å². The maximum absolute atomic E-state index is 12.8. The van der Waals surface area contributed by atoms with Gasteiger partial charge in [-0.05, 0) is 19.4 Å². The van der Waals surface area contributed by atoms with Gasteiger partial charge in [0.2, 0.25) is 5.91 Å². The van der Waals surface area contributed by atoms with E-state index < -0.39 is 0 Å². The largest absolute Gasteiger partial charge is 0.377 e. The van der Waals surface area contributed by atoms with E-state index in [4.69, 9.17) is 4.74 Å². The monoisotopic (exact) mass is 328 g/mol. The van der Waals surface area contributed by atoms with Crippen LogP contribution < -0.4 is 0 Å². The second-order valence-electron chi connectivity index (χ2n) is 6.42. The van der Waals surface area contributed by atoms with E-state index in [-0.39, 0.29) is 11.9 Å². The Bertz CT molecular complexity index is 708. The van der Waals surface area contributed by atoms with E-state index in [1.54, 1.807) is 7.11 Å². The van der Waals surface area contributed by atoms with Gasteiger partial charge in [-0.3, -0.25) is 4.79 Å². The molecule has 24 heavy (non-hydrogen) atoms. The second kappa shape index (κ2) is 7.13. The average Bonchev–Trinajstić information content (AvgIpc) is 2.83. The van der Waals surface area contributed by atoms with Crippen molar-refractivity contribution in [1.29, 1.82) is 0 Å². The van der Waals surface area contributed by atoms with Gasteiger partial charge < -0.3 is 14.2 Å². The minimum Gasteiger partial charge on any atom is -0.377 e. The molecule has 0 aliphatic carbocycles. The maximum atomic E-state index is 12.8. The summed E-state index contributed by atoms with van der Waals surface area (Å²) in [6, 6.07) is 8.27. The number of rotatable bonds is 4. The summed E-state index contributed by atoms with van der Waals surface area (Å²) < 4.78 is 7.26. The number of aryl methyl sites for hydroxylation is 1. The Kier molecular flexibility index (Phi) is 4.94. The first-order chi connectivity index (χ1) is 11.6. The van der Waals surface area contributed by atoms with E-state index in [0.29, 0.717) is 26.1 Å². The van der Waals surface area contributed by atoms with Crippen molar-refractivity contribution in [3.63, 3.8) is 0 Å². The maximum Gasteiger partial charge on any atom is 0.227 e. The van der Waals surface area contributed by atoms with Gasteiger partial charge in [-0.25, -0.2) is 0 Å². The van der Waals surface area contributed by atoms with Gasteiger partial charge in [0.15, 0.2) is 5.82 Å². The smallest absolute Gasteiger partial charge is 0.227 e. The van der Waals surface area contributed by atoms with Crippen molar-refractivity contribution >= 4 is 5.91 Å². The lowest BCUT2D eigenvalue weighted by atomic mass is 10.1. The third-order valence-electron chi connectivity index (χ3n) is 4.55. The molecule has 2 aromatic rings. The van der Waals surface area contributed by atoms with Gasteiger partial charge in [0.05, 0.1) is 6.42 Å². The highest BCUT2D eigenvalue weighted by Gasteiger charge is 2.27. The highest BCUT2D eigenvalue weighted by molar-refractivity contribution is 5.79. The molecule has 1 unspecified atom stereocenters. The number of hydrogen-bond acceptors (Lipinski definition) is 4. The van der Waals surface area contributed by atoms with E-state index >= 15 is 0 Å². The number of methoxy groups -OCH3 is 1. The van der Waals surface area contributed by atoms with Gasteiger partial charge in [-0.15, -0.1) is 10.2 Å². The summed E-state index contributed by atoms with van der Waals surface area (Å²) >= 11 is 0. The first-order valence-corrected chi connectivity index (χ1v) is 8.33. The summed E-state index contributed by atoms with van der Waals surface area (Å²) in [5.41, 5.74) is 2.26. The van der Waals surface area contributed by atoms with Gasteiger partial charge in [-0.1, -0.05) is 29.8 Å². The number of benzene rings is 1. The first-order valence-electron chi connectivity index (χ1n) is 8.33. The highest BCUT2D eigenvalue weighted by atomic mass is 16.5. The van der Waals surface area contributed by atoms with Gasteiger partial charge >= 0.3 is 0 Å². The zero-order valence-electron chi connectivity index (χ0n) is 14.5. The van der Waals surface area contributed by atoms with Crippen molar-refractivity contribution in [2.75, 3.05) is 13.7 Å². The van der Waals surface area contributed by atoms with Crippen LogP contribution in [0.4, 0.5) is 0 Å². The molecule has 0 N–H and O–H groups in total. The Morgan fingerprint density at radius 3 is 2.71 bits per heavy atom. The van der Waals surface area contributed by atoms with E-state index in [0.717, 1.165) is 23.6 Å². The fourth-order valence-corrected chi connectivity index (χ4v) is 3.17. The predicted molar refractivity (Wildman–Crippen MR) is 90.5 cm³/mol. The van der Waals surface area contributed by atoms with Crippen LogP contribution in [0.2, 0.25) is 0 Å². The lowest BCUT2D eigenvalue weighted by Crippen LogP contribution is -2.41. The molecule has 3 rings (SSSR count). The summed E-state index contributed by atoms with van der Waals surface area (Å²) in [5.74, 6) is 1.92. The number of aromatic nitrogens is 3. The Labute approximate surface area is 142 Å². The van der Waals surface area contributed by atoms with E-state index in [2.05, 4.69) is 28.6 Å². The van der Waals surface area contributed by atoms with Crippen LogP contribution in [-0.2, 0) is 35.5 Å². The topological polar surface area (TPSA) is 60.3 Å². The van der Waals surface area contributed by atoms with Gasteiger partial charge in [0.1, 0.15) is 12.4 Å². The molecule has 1 atom stereocenters. The van der Waals surface area contributed by atoms with Crippen LogP contribution in [-0.4, -0.2) is 45.3 Å². The Hall–Kier alpha value is -2.21. The third kappa shape index (κ3) is 3.48. The van der Waals surface area contributed by atoms with Crippen LogP contribution in [0.3, 0.4) is 0 Å². The Morgan fingerprint density at radius 2 is 2.00 bits per heavy atom. The summed E-state index contributed by atoms with van der Waals surface area (Å²) in [7, 11) is 1.65. The van der Waals surface area contributed by atoms with Crippen molar-refractivity contribution in [3.8, 4) is 0 Å². The molecule has 1 aromatic heterocycles. The SMILES string of the molecule is COCc1nnc2n1CCN(C(=O)Cc1ccc(C)cc1)C(C)C2. The number of fused-ring (bicyclic) bond motifs is 1. The number of ether oxygens (including phenoxy) is 1. The number of amides is 1. The molecule has 1 aliphatic rings. The minimum atomic E-state index is 0.115. The fourth-order valence-electron chi connectivity index (χ4n) is 3.17. The molecule has 128 valence electrons. The van der Waals surface area contributed by atoms with Crippen LogP contribution >= 0.6 is 0 Å². The van der Waals surface area contributed by atoms with Gasteiger partial charge in [-0.2, -0.15) is 0 Å². The van der Waals surface area contributed by atoms with E-state index in [1.165, 1.54) is 5.56 Å². The molecule has 1 amide bonds. The molecular weight excluding hydrogens is 304 g/mol. The molecule has 0 saturated heterocycles. The number of nitrogens with zero attached hydrogens (tertiary/aromatic N) is 4. The van der Waals surface area contributed by atoms with Crippen LogP contribution in [0.1, 0.15) is 29.7 Å². The van der Waals surface area contributed by atoms with Crippen molar-refractivity contribution in [2.45, 2.75) is 45.9 Å². The molecule has 6 heteroatoms. The van der Waals surface area contributed by atoms with E-state index in [1.807, 2.05) is 29.2 Å². The lowest BCUT2D eigenvalue weighted by Gasteiger charge is -2.26. The fraction of sp³-hybridized carbons (Fsp3) is 0.500. The number of carbonyl (C=O) groups excluding carboxylic acids is 1. The van der Waals surface area contributed by atoms with Gasteiger partial charge in [0, 0.05) is 32.7 Å². The average molecular weight is 328 g/mol. The van der Waals surface area contributed by atoms with Crippen LogP contribution in [0, 0.1) is 6.92 Å². The van der Waals surface area contributed by atoms with Crippen molar-refractivity contribution in [2.24, 2.45) is 0 Å². The van der Waals surface area contributed by atoms with Crippen molar-refractivity contribution in [1.82, 2.24) is 19.7 Å². The summed E-state index contributed by atoms with van der Waals surface area (Å²) in [4.78, 5) is 14.7. The Morgan fingerprint density at radius 1 is 1.25 bits per heavy atom. The molecule has 0 spiro atoms. The zero-order valence-corrected chi connectivity index (χ0v) is 14.5. The molecule has 1 aliphatic heterocycles. The zero-order chi connectivity index (χ0) is 17.1. The van der Waals surface area contributed by atoms with Crippen LogP contribution in [0.15, 0.2) is 24.3 Å². The predicted octanol–water partition coefficient (Wildman–Crippen LogP) is 1.75. The molecule has 0 fully saturated rings. The third-order valence-corrected chi connectivity index (χ3v) is 4.55. The minimum absolute atomic E-state index is 0.115. The van der Waals surface area contributed by atoms with Gasteiger partial charge in [0.25, 0.3) is 0 Å². The highest BCUT2D eigenvalue weighted by Crippen LogP contribution is 2.17. The molecule has 0 bridgehead atoms. The second-order valence-corrected chi connectivity index (χ2v) is 6.42. The molecule has 0 saturated carbocycles. The number of carbonyl (C=O) groups is 1. The Balaban J connectivity index is 1.71. The number of hydrogen-bond donors (Lipinski definition) is 0. The van der Waals surface area contributed by atoms with Crippen molar-refractivity contribution in [3.05, 3.63) is 47.0 Å². The quantitative estimate of drug-likeness (QED) is 0.858. The summed E-state index contributed by atoms with van der Waals surface area (Å²) in [6.07, 6.45) is 1.16.